The maximum absolute atomic E-state index is 11.8. The van der Waals surface area contributed by atoms with Crippen molar-refractivity contribution in [3.05, 3.63) is 23.8 Å². The maximum atomic E-state index is 11.8. The monoisotopic (exact) mass is 293 g/mol. The fourth-order valence-corrected chi connectivity index (χ4v) is 2.11. The number of aryl methyl sites for hydroxylation is 1. The van der Waals surface area contributed by atoms with Gasteiger partial charge in [0, 0.05) is 6.42 Å². The average Bonchev–Trinajstić information content (AvgIpc) is 2.89. The number of nitrogens with one attached hydrogen (secondary N) is 1. The molecule has 0 fully saturated rings. The molecule has 1 atom stereocenters. The van der Waals surface area contributed by atoms with E-state index in [2.05, 4.69) is 5.32 Å². The van der Waals surface area contributed by atoms with Crippen LogP contribution in [0.15, 0.2) is 18.2 Å². The number of carboxylic acids is 1. The minimum atomic E-state index is -1.01. The van der Waals surface area contributed by atoms with E-state index >= 15 is 0 Å². The van der Waals surface area contributed by atoms with Gasteiger partial charge in [-0.3, -0.25) is 4.79 Å². The molecule has 0 aliphatic carbocycles. The van der Waals surface area contributed by atoms with Gasteiger partial charge in [-0.25, -0.2) is 4.79 Å². The Bertz CT molecular complexity index is 541. The summed E-state index contributed by atoms with van der Waals surface area (Å²) in [5.41, 5.74) is 0.950. The van der Waals surface area contributed by atoms with E-state index in [-0.39, 0.29) is 25.0 Å². The molecule has 0 radical (unpaired) electrons. The van der Waals surface area contributed by atoms with Crippen LogP contribution in [0.5, 0.6) is 11.5 Å². The quantitative estimate of drug-likeness (QED) is 0.831. The molecule has 0 saturated carbocycles. The van der Waals surface area contributed by atoms with Gasteiger partial charge in [-0.2, -0.15) is 0 Å². The second-order valence-electron chi connectivity index (χ2n) is 5.32. The lowest BCUT2D eigenvalue weighted by molar-refractivity contribution is -0.143. The summed E-state index contributed by atoms with van der Waals surface area (Å²) >= 11 is 0. The Labute approximate surface area is 123 Å². The second-order valence-corrected chi connectivity index (χ2v) is 5.32. The van der Waals surface area contributed by atoms with Crippen molar-refractivity contribution in [2.45, 2.75) is 32.7 Å². The number of benzene rings is 1. The fraction of sp³-hybridized carbons (Fsp3) is 0.467. The van der Waals surface area contributed by atoms with Crippen molar-refractivity contribution >= 4 is 11.9 Å². The topological polar surface area (TPSA) is 84.9 Å². The van der Waals surface area contributed by atoms with Gasteiger partial charge in [-0.1, -0.05) is 19.9 Å². The molecule has 0 saturated heterocycles. The first-order valence-electron chi connectivity index (χ1n) is 6.88. The number of carbonyl (C=O) groups is 2. The van der Waals surface area contributed by atoms with Crippen molar-refractivity contribution in [1.29, 1.82) is 0 Å². The van der Waals surface area contributed by atoms with E-state index in [0.717, 1.165) is 5.56 Å². The number of carboxylic acid groups (broad SMARTS) is 1. The van der Waals surface area contributed by atoms with Gasteiger partial charge in [0.05, 0.1) is 0 Å². The van der Waals surface area contributed by atoms with Crippen LogP contribution in [0.1, 0.15) is 25.8 Å². The van der Waals surface area contributed by atoms with Gasteiger partial charge < -0.3 is 19.9 Å². The smallest absolute Gasteiger partial charge is 0.326 e. The highest BCUT2D eigenvalue weighted by atomic mass is 16.7. The van der Waals surface area contributed by atoms with Crippen molar-refractivity contribution in [1.82, 2.24) is 5.32 Å². The van der Waals surface area contributed by atoms with E-state index < -0.39 is 12.0 Å². The lowest BCUT2D eigenvalue weighted by atomic mass is 10.0. The summed E-state index contributed by atoms with van der Waals surface area (Å²) < 4.78 is 10.5. The lowest BCUT2D eigenvalue weighted by Crippen LogP contribution is -2.44. The Morgan fingerprint density at radius 3 is 2.67 bits per heavy atom. The number of carbonyl (C=O) groups excluding carboxylic acids is 1. The van der Waals surface area contributed by atoms with Crippen LogP contribution >= 0.6 is 0 Å². The van der Waals surface area contributed by atoms with Gasteiger partial charge >= 0.3 is 5.97 Å². The van der Waals surface area contributed by atoms with Crippen molar-refractivity contribution in [3.63, 3.8) is 0 Å². The van der Waals surface area contributed by atoms with Crippen LogP contribution in [0.25, 0.3) is 0 Å². The normalized spacial score (nSPS) is 14.0. The molecule has 1 amide bonds. The number of hydrogen-bond acceptors (Lipinski definition) is 4. The van der Waals surface area contributed by atoms with Crippen LogP contribution in [-0.2, 0) is 16.0 Å². The Morgan fingerprint density at radius 1 is 1.29 bits per heavy atom. The molecule has 114 valence electrons. The molecule has 1 aromatic carbocycles. The summed E-state index contributed by atoms with van der Waals surface area (Å²) in [7, 11) is 0. The molecule has 6 nitrogen and oxygen atoms in total. The first kappa shape index (κ1) is 15.2. The van der Waals surface area contributed by atoms with Crippen LogP contribution in [0.2, 0.25) is 0 Å². The summed E-state index contributed by atoms with van der Waals surface area (Å²) in [5, 5.41) is 11.6. The minimum absolute atomic E-state index is 0.156. The van der Waals surface area contributed by atoms with Gasteiger partial charge in [-0.15, -0.1) is 0 Å². The van der Waals surface area contributed by atoms with E-state index in [1.165, 1.54) is 0 Å². The molecule has 2 rings (SSSR count). The third-order valence-corrected chi connectivity index (χ3v) is 3.33. The summed E-state index contributed by atoms with van der Waals surface area (Å²) in [6.45, 7) is 3.74. The minimum Gasteiger partial charge on any atom is -0.480 e. The summed E-state index contributed by atoms with van der Waals surface area (Å²) in [6, 6.07) is 4.67. The van der Waals surface area contributed by atoms with Crippen molar-refractivity contribution in [2.75, 3.05) is 6.79 Å². The molecule has 0 unspecified atom stereocenters. The zero-order valence-corrected chi connectivity index (χ0v) is 12.1. The van der Waals surface area contributed by atoms with Crippen molar-refractivity contribution in [3.8, 4) is 11.5 Å². The highest BCUT2D eigenvalue weighted by Gasteiger charge is 2.23. The third kappa shape index (κ3) is 3.87. The number of hydrogen-bond donors (Lipinski definition) is 2. The summed E-state index contributed by atoms with van der Waals surface area (Å²) in [5.74, 6) is -0.0559. The van der Waals surface area contributed by atoms with E-state index in [9.17, 15) is 9.59 Å². The lowest BCUT2D eigenvalue weighted by Gasteiger charge is -2.17. The van der Waals surface area contributed by atoms with E-state index in [0.29, 0.717) is 17.9 Å². The predicted molar refractivity (Wildman–Crippen MR) is 75.3 cm³/mol. The first-order valence-corrected chi connectivity index (χ1v) is 6.88. The molecule has 1 aliphatic rings. The molecule has 6 heteroatoms. The van der Waals surface area contributed by atoms with Gasteiger partial charge in [0.2, 0.25) is 12.7 Å². The number of aliphatic carboxylic acids is 1. The Balaban J connectivity index is 1.88. The molecule has 2 N–H and O–H groups in total. The zero-order valence-electron chi connectivity index (χ0n) is 12.1. The molecule has 0 spiro atoms. The Hall–Kier alpha value is -2.24. The fourth-order valence-electron chi connectivity index (χ4n) is 2.11. The number of rotatable bonds is 6. The molecule has 1 aromatic rings. The highest BCUT2D eigenvalue weighted by molar-refractivity contribution is 5.83. The van der Waals surface area contributed by atoms with E-state index in [1.807, 2.05) is 18.2 Å². The molecule has 1 heterocycles. The van der Waals surface area contributed by atoms with Crippen molar-refractivity contribution in [2.24, 2.45) is 5.92 Å². The first-order chi connectivity index (χ1) is 9.97. The molecule has 1 aliphatic heterocycles. The van der Waals surface area contributed by atoms with Crippen LogP contribution in [0.3, 0.4) is 0 Å². The molecule has 21 heavy (non-hydrogen) atoms. The SMILES string of the molecule is CC(C)[C@H](NC(=O)CCc1ccc2c(c1)OCO2)C(=O)O. The van der Waals surface area contributed by atoms with Crippen molar-refractivity contribution < 1.29 is 24.2 Å². The van der Waals surface area contributed by atoms with Gasteiger partial charge in [-0.05, 0) is 30.0 Å². The average molecular weight is 293 g/mol. The molecular weight excluding hydrogens is 274 g/mol. The molecule has 0 bridgehead atoms. The Morgan fingerprint density at radius 2 is 2.00 bits per heavy atom. The summed E-state index contributed by atoms with van der Waals surface area (Å²) in [4.78, 5) is 22.9. The van der Waals surface area contributed by atoms with Crippen LogP contribution in [0, 0.1) is 5.92 Å². The van der Waals surface area contributed by atoms with Crippen LogP contribution in [-0.4, -0.2) is 29.8 Å². The predicted octanol–water partition coefficient (Wildman–Crippen LogP) is 1.57. The van der Waals surface area contributed by atoms with E-state index in [4.69, 9.17) is 14.6 Å². The number of ether oxygens (including phenoxy) is 2. The summed E-state index contributed by atoms with van der Waals surface area (Å²) in [6.07, 6.45) is 0.753. The van der Waals surface area contributed by atoms with Crippen LogP contribution < -0.4 is 14.8 Å². The zero-order chi connectivity index (χ0) is 15.4. The van der Waals surface area contributed by atoms with E-state index in [1.54, 1.807) is 13.8 Å². The maximum Gasteiger partial charge on any atom is 0.326 e. The second kappa shape index (κ2) is 6.47. The van der Waals surface area contributed by atoms with Crippen LogP contribution in [0.4, 0.5) is 0 Å². The number of amides is 1. The van der Waals surface area contributed by atoms with Gasteiger partial charge in [0.15, 0.2) is 11.5 Å². The third-order valence-electron chi connectivity index (χ3n) is 3.33. The van der Waals surface area contributed by atoms with Gasteiger partial charge in [0.25, 0.3) is 0 Å². The highest BCUT2D eigenvalue weighted by Crippen LogP contribution is 2.32. The number of fused-ring (bicyclic) bond motifs is 1. The Kier molecular flexibility index (Phi) is 4.67. The molecule has 0 aromatic heterocycles. The van der Waals surface area contributed by atoms with Gasteiger partial charge in [0.1, 0.15) is 6.04 Å². The molecular formula is C15H19NO5. The standard InChI is InChI=1S/C15H19NO5/c1-9(2)14(15(18)19)16-13(17)6-4-10-3-5-11-12(7-10)21-8-20-11/h3,5,7,9,14H,4,6,8H2,1-2H3,(H,16,17)(H,18,19)/t14-/m0/s1. The largest absolute Gasteiger partial charge is 0.480 e.